The van der Waals surface area contributed by atoms with Crippen molar-refractivity contribution in [1.29, 1.82) is 0 Å². The number of carbonyl (C=O) groups is 1. The number of halogens is 1. The number of anilines is 1. The maximum atomic E-state index is 13.6. The summed E-state index contributed by atoms with van der Waals surface area (Å²) in [5.74, 6) is -0.440. The fourth-order valence-electron chi connectivity index (χ4n) is 2.06. The van der Waals surface area contributed by atoms with Crippen LogP contribution >= 0.6 is 0 Å². The summed E-state index contributed by atoms with van der Waals surface area (Å²) in [6.07, 6.45) is 1.57. The molecule has 0 fully saturated rings. The predicted molar refractivity (Wildman–Crippen MR) is 81.0 cm³/mol. The van der Waals surface area contributed by atoms with E-state index < -0.39 is 11.7 Å². The highest BCUT2D eigenvalue weighted by Crippen LogP contribution is 2.21. The summed E-state index contributed by atoms with van der Waals surface area (Å²) < 4.78 is 18.7. The molecule has 0 aliphatic rings. The first kappa shape index (κ1) is 14.0. The molecule has 0 saturated carbocycles. The van der Waals surface area contributed by atoms with Crippen molar-refractivity contribution >= 4 is 11.6 Å². The Hall–Kier alpha value is -2.95. The third kappa shape index (κ3) is 2.88. The van der Waals surface area contributed by atoms with Gasteiger partial charge < -0.3 is 9.73 Å². The van der Waals surface area contributed by atoms with E-state index in [1.54, 1.807) is 37.5 Å². The summed E-state index contributed by atoms with van der Waals surface area (Å²) >= 11 is 0. The highest BCUT2D eigenvalue weighted by molar-refractivity contribution is 6.04. The number of carbonyl (C=O) groups excluding carboxylic acids is 1. The van der Waals surface area contributed by atoms with Crippen LogP contribution in [0, 0.1) is 12.7 Å². The zero-order valence-corrected chi connectivity index (χ0v) is 11.8. The van der Waals surface area contributed by atoms with Crippen LogP contribution in [0.25, 0.3) is 11.3 Å². The number of hydrogen-bond donors (Lipinski definition) is 1. The van der Waals surface area contributed by atoms with Gasteiger partial charge in [0.2, 0.25) is 0 Å². The monoisotopic (exact) mass is 296 g/mol. The van der Waals surface area contributed by atoms with Gasteiger partial charge >= 0.3 is 0 Å². The fraction of sp³-hybridized carbons (Fsp3) is 0.0588. The van der Waals surface area contributed by atoms with Crippen LogP contribution in [0.15, 0.2) is 59.2 Å². The van der Waals surface area contributed by atoms with Crippen molar-refractivity contribution in [2.24, 2.45) is 0 Å². The average molecular weight is 296 g/mol. The fourth-order valence-corrected chi connectivity index (χ4v) is 2.06. The number of benzene rings is 2. The van der Waals surface area contributed by atoms with Gasteiger partial charge in [0.25, 0.3) is 5.91 Å². The Morgan fingerprint density at radius 2 is 1.86 bits per heavy atom. The second-order valence-electron chi connectivity index (χ2n) is 4.76. The SMILES string of the molecule is Cc1nc(-c2ccc(NC(=O)c3ccccc3F)cc2)co1. The molecule has 0 unspecified atom stereocenters. The summed E-state index contributed by atoms with van der Waals surface area (Å²) in [7, 11) is 0. The second-order valence-corrected chi connectivity index (χ2v) is 4.76. The number of aryl methyl sites for hydroxylation is 1. The van der Waals surface area contributed by atoms with Gasteiger partial charge in [0.1, 0.15) is 17.8 Å². The summed E-state index contributed by atoms with van der Waals surface area (Å²) in [4.78, 5) is 16.2. The third-order valence-corrected chi connectivity index (χ3v) is 3.18. The minimum absolute atomic E-state index is 0.0127. The van der Waals surface area contributed by atoms with Crippen LogP contribution in [0.1, 0.15) is 16.2 Å². The Labute approximate surface area is 126 Å². The Morgan fingerprint density at radius 3 is 2.50 bits per heavy atom. The van der Waals surface area contributed by atoms with Crippen LogP contribution in [-0.2, 0) is 0 Å². The number of amides is 1. The summed E-state index contributed by atoms with van der Waals surface area (Å²) in [5, 5.41) is 2.66. The molecule has 1 amide bonds. The van der Waals surface area contributed by atoms with E-state index in [1.165, 1.54) is 12.1 Å². The lowest BCUT2D eigenvalue weighted by Crippen LogP contribution is -2.13. The first-order valence-corrected chi connectivity index (χ1v) is 6.72. The molecule has 4 nitrogen and oxygen atoms in total. The van der Waals surface area contributed by atoms with E-state index in [9.17, 15) is 9.18 Å². The minimum atomic E-state index is -0.547. The molecule has 0 spiro atoms. The lowest BCUT2D eigenvalue weighted by Gasteiger charge is -2.06. The molecule has 0 saturated heterocycles. The molecule has 110 valence electrons. The molecule has 0 aliphatic carbocycles. The van der Waals surface area contributed by atoms with Gasteiger partial charge in [-0.1, -0.05) is 24.3 Å². The van der Waals surface area contributed by atoms with E-state index in [0.29, 0.717) is 11.6 Å². The largest absolute Gasteiger partial charge is 0.449 e. The lowest BCUT2D eigenvalue weighted by atomic mass is 10.1. The molecule has 0 radical (unpaired) electrons. The molecular weight excluding hydrogens is 283 g/mol. The van der Waals surface area contributed by atoms with Crippen LogP contribution in [0.3, 0.4) is 0 Å². The average Bonchev–Trinajstić information content (AvgIpc) is 2.95. The van der Waals surface area contributed by atoms with E-state index in [0.717, 1.165) is 11.3 Å². The van der Waals surface area contributed by atoms with Gasteiger partial charge in [-0.05, 0) is 24.3 Å². The number of nitrogens with one attached hydrogen (secondary N) is 1. The van der Waals surface area contributed by atoms with Gasteiger partial charge in [0.05, 0.1) is 5.56 Å². The van der Waals surface area contributed by atoms with Crippen molar-refractivity contribution in [1.82, 2.24) is 4.98 Å². The number of nitrogens with zero attached hydrogens (tertiary/aromatic N) is 1. The van der Waals surface area contributed by atoms with Crippen molar-refractivity contribution < 1.29 is 13.6 Å². The van der Waals surface area contributed by atoms with Crippen molar-refractivity contribution in [2.75, 3.05) is 5.32 Å². The van der Waals surface area contributed by atoms with E-state index in [4.69, 9.17) is 4.42 Å². The molecule has 0 atom stereocenters. The molecule has 5 heteroatoms. The minimum Gasteiger partial charge on any atom is -0.449 e. The quantitative estimate of drug-likeness (QED) is 0.793. The Kier molecular flexibility index (Phi) is 3.70. The van der Waals surface area contributed by atoms with Crippen LogP contribution in [-0.4, -0.2) is 10.9 Å². The number of rotatable bonds is 3. The van der Waals surface area contributed by atoms with Gasteiger partial charge in [-0.25, -0.2) is 9.37 Å². The summed E-state index contributed by atoms with van der Waals surface area (Å²) in [5.41, 5.74) is 2.20. The molecule has 0 bridgehead atoms. The Morgan fingerprint density at radius 1 is 1.14 bits per heavy atom. The Balaban J connectivity index is 1.76. The molecule has 1 heterocycles. The summed E-state index contributed by atoms with van der Waals surface area (Å²) in [6, 6.07) is 13.0. The van der Waals surface area contributed by atoms with Crippen LogP contribution in [0.2, 0.25) is 0 Å². The molecule has 3 rings (SSSR count). The van der Waals surface area contributed by atoms with Gasteiger partial charge in [-0.2, -0.15) is 0 Å². The van der Waals surface area contributed by atoms with E-state index >= 15 is 0 Å². The first-order chi connectivity index (χ1) is 10.6. The molecule has 1 N–H and O–H groups in total. The van der Waals surface area contributed by atoms with Crippen molar-refractivity contribution in [3.63, 3.8) is 0 Å². The summed E-state index contributed by atoms with van der Waals surface area (Å²) in [6.45, 7) is 1.77. The lowest BCUT2D eigenvalue weighted by molar-refractivity contribution is 0.102. The van der Waals surface area contributed by atoms with E-state index in [1.807, 2.05) is 12.1 Å². The standard InChI is InChI=1S/C17H13FN2O2/c1-11-19-16(10-22-11)12-6-8-13(9-7-12)20-17(21)14-4-2-3-5-15(14)18/h2-10H,1H3,(H,20,21). The van der Waals surface area contributed by atoms with Crippen molar-refractivity contribution in [2.45, 2.75) is 6.92 Å². The van der Waals surface area contributed by atoms with E-state index in [2.05, 4.69) is 10.3 Å². The number of aromatic nitrogens is 1. The Bertz CT molecular complexity index is 810. The van der Waals surface area contributed by atoms with Crippen LogP contribution in [0.5, 0.6) is 0 Å². The maximum Gasteiger partial charge on any atom is 0.258 e. The highest BCUT2D eigenvalue weighted by Gasteiger charge is 2.11. The normalized spacial score (nSPS) is 10.5. The smallest absolute Gasteiger partial charge is 0.258 e. The van der Waals surface area contributed by atoms with Gasteiger partial charge in [-0.3, -0.25) is 4.79 Å². The van der Waals surface area contributed by atoms with Gasteiger partial charge in [-0.15, -0.1) is 0 Å². The topological polar surface area (TPSA) is 55.1 Å². The van der Waals surface area contributed by atoms with Crippen molar-refractivity contribution in [3.05, 3.63) is 72.1 Å². The van der Waals surface area contributed by atoms with Crippen LogP contribution < -0.4 is 5.32 Å². The van der Waals surface area contributed by atoms with Crippen LogP contribution in [0.4, 0.5) is 10.1 Å². The molecule has 22 heavy (non-hydrogen) atoms. The molecule has 1 aromatic heterocycles. The first-order valence-electron chi connectivity index (χ1n) is 6.72. The maximum absolute atomic E-state index is 13.6. The molecule has 0 aliphatic heterocycles. The number of hydrogen-bond acceptors (Lipinski definition) is 3. The predicted octanol–water partition coefficient (Wildman–Crippen LogP) is 4.04. The van der Waals surface area contributed by atoms with Gasteiger partial charge in [0, 0.05) is 18.2 Å². The zero-order valence-electron chi connectivity index (χ0n) is 11.8. The van der Waals surface area contributed by atoms with E-state index in [-0.39, 0.29) is 5.56 Å². The molecule has 2 aromatic carbocycles. The molecule has 3 aromatic rings. The highest BCUT2D eigenvalue weighted by atomic mass is 19.1. The number of oxazole rings is 1. The second kappa shape index (κ2) is 5.81. The van der Waals surface area contributed by atoms with Crippen molar-refractivity contribution in [3.8, 4) is 11.3 Å². The molecular formula is C17H13FN2O2. The van der Waals surface area contributed by atoms with Gasteiger partial charge in [0.15, 0.2) is 5.89 Å². The zero-order chi connectivity index (χ0) is 15.5. The third-order valence-electron chi connectivity index (χ3n) is 3.18.